The summed E-state index contributed by atoms with van der Waals surface area (Å²) in [5.41, 5.74) is 0.955. The molecular formula is C20H28ClN3O5. The third kappa shape index (κ3) is 5.46. The smallest absolute Gasteiger partial charge is 0.328 e. The molecule has 8 nitrogen and oxygen atoms in total. The Morgan fingerprint density at radius 3 is 2.79 bits per heavy atom. The molecule has 3 atom stereocenters. The van der Waals surface area contributed by atoms with Gasteiger partial charge in [0.25, 0.3) is 5.91 Å². The predicted molar refractivity (Wildman–Crippen MR) is 110 cm³/mol. The fourth-order valence-electron chi connectivity index (χ4n) is 3.70. The highest BCUT2D eigenvalue weighted by molar-refractivity contribution is 6.00. The Bertz CT molecular complexity index is 745. The number of likely N-dealkylation sites (tertiary alicyclic amines) is 1. The summed E-state index contributed by atoms with van der Waals surface area (Å²) in [6, 6.07) is 5.77. The number of piperidine rings is 1. The van der Waals surface area contributed by atoms with Gasteiger partial charge in [-0.1, -0.05) is 6.07 Å². The number of hydrogen-bond acceptors (Lipinski definition) is 6. The van der Waals surface area contributed by atoms with Gasteiger partial charge in [-0.25, -0.2) is 4.79 Å². The molecule has 160 valence electrons. The van der Waals surface area contributed by atoms with Crippen LogP contribution < -0.4 is 10.6 Å². The lowest BCUT2D eigenvalue weighted by Gasteiger charge is -2.34. The van der Waals surface area contributed by atoms with Crippen molar-refractivity contribution in [3.05, 3.63) is 29.8 Å². The minimum atomic E-state index is -0.561. The normalized spacial score (nSPS) is 24.2. The number of methoxy groups -OCH3 is 1. The number of ether oxygens (including phenoxy) is 2. The van der Waals surface area contributed by atoms with Crippen LogP contribution in [0, 0.1) is 0 Å². The number of anilines is 1. The highest BCUT2D eigenvalue weighted by Crippen LogP contribution is 2.22. The number of carbonyl (C=O) groups excluding carboxylic acids is 3. The molecule has 2 fully saturated rings. The van der Waals surface area contributed by atoms with E-state index in [0.29, 0.717) is 37.4 Å². The van der Waals surface area contributed by atoms with Crippen molar-refractivity contribution < 1.29 is 23.9 Å². The van der Waals surface area contributed by atoms with E-state index in [1.165, 1.54) is 7.11 Å². The number of nitrogens with zero attached hydrogens (tertiary/aromatic N) is 1. The lowest BCUT2D eigenvalue weighted by molar-refractivity contribution is -0.147. The highest BCUT2D eigenvalue weighted by atomic mass is 35.5. The van der Waals surface area contributed by atoms with Gasteiger partial charge in [-0.15, -0.1) is 12.4 Å². The Balaban J connectivity index is 0.00000300. The van der Waals surface area contributed by atoms with Crippen molar-refractivity contribution in [1.82, 2.24) is 10.2 Å². The van der Waals surface area contributed by atoms with Gasteiger partial charge in [0.2, 0.25) is 5.91 Å². The second-order valence-corrected chi connectivity index (χ2v) is 7.11. The number of amides is 2. The van der Waals surface area contributed by atoms with E-state index >= 15 is 0 Å². The molecule has 2 heterocycles. The van der Waals surface area contributed by atoms with Crippen molar-refractivity contribution in [2.75, 3.05) is 32.1 Å². The molecule has 2 N–H and O–H groups in total. The van der Waals surface area contributed by atoms with Crippen molar-refractivity contribution in [2.24, 2.45) is 0 Å². The molecule has 0 bridgehead atoms. The van der Waals surface area contributed by atoms with E-state index in [2.05, 4.69) is 10.6 Å². The highest BCUT2D eigenvalue weighted by Gasteiger charge is 2.33. The summed E-state index contributed by atoms with van der Waals surface area (Å²) in [6.07, 6.45) is 2.10. The van der Waals surface area contributed by atoms with Gasteiger partial charge in [0.15, 0.2) is 0 Å². The molecule has 2 aliphatic rings. The molecule has 9 heteroatoms. The van der Waals surface area contributed by atoms with Gasteiger partial charge in [-0.2, -0.15) is 0 Å². The van der Waals surface area contributed by atoms with Crippen molar-refractivity contribution in [2.45, 2.75) is 44.4 Å². The van der Waals surface area contributed by atoms with Crippen LogP contribution in [0.2, 0.25) is 0 Å². The maximum Gasteiger partial charge on any atom is 0.328 e. The standard InChI is InChI=1S/C20H27N3O5.ClH/c1-13-17(21-9-11-28-13)18(24)22-15-7-5-6-14(12-15)19(25)23-10-4-3-8-16(23)20(26)27-2;/h5-7,12-13,16-17,21H,3-4,8-11H2,1-2H3,(H,22,24);1H/t13-,16?,17+;/m1./s1. The Morgan fingerprint density at radius 1 is 1.28 bits per heavy atom. The zero-order valence-corrected chi connectivity index (χ0v) is 17.5. The van der Waals surface area contributed by atoms with E-state index < -0.39 is 18.1 Å². The van der Waals surface area contributed by atoms with Crippen LogP contribution in [0.5, 0.6) is 0 Å². The van der Waals surface area contributed by atoms with E-state index in [0.717, 1.165) is 12.8 Å². The second-order valence-electron chi connectivity index (χ2n) is 7.11. The summed E-state index contributed by atoms with van der Waals surface area (Å²) in [5, 5.41) is 5.98. The topological polar surface area (TPSA) is 97.0 Å². The molecule has 29 heavy (non-hydrogen) atoms. The van der Waals surface area contributed by atoms with Crippen molar-refractivity contribution >= 4 is 35.9 Å². The fraction of sp³-hybridized carbons (Fsp3) is 0.550. The van der Waals surface area contributed by atoms with Crippen molar-refractivity contribution in [1.29, 1.82) is 0 Å². The fourth-order valence-corrected chi connectivity index (χ4v) is 3.70. The molecule has 0 radical (unpaired) electrons. The summed E-state index contributed by atoms with van der Waals surface area (Å²) >= 11 is 0. The van der Waals surface area contributed by atoms with Crippen LogP contribution >= 0.6 is 12.4 Å². The average Bonchev–Trinajstić information content (AvgIpc) is 2.73. The first-order chi connectivity index (χ1) is 13.5. The summed E-state index contributed by atoms with van der Waals surface area (Å²) in [5.74, 6) is -0.837. The molecule has 1 aromatic carbocycles. The van der Waals surface area contributed by atoms with Gasteiger partial charge >= 0.3 is 5.97 Å². The Kier molecular flexibility index (Phi) is 8.43. The van der Waals surface area contributed by atoms with Crippen LogP contribution in [0.25, 0.3) is 0 Å². The van der Waals surface area contributed by atoms with Crippen molar-refractivity contribution in [3.8, 4) is 0 Å². The van der Waals surface area contributed by atoms with Crippen LogP contribution in [0.3, 0.4) is 0 Å². The number of rotatable bonds is 4. The maximum atomic E-state index is 13.0. The molecule has 3 rings (SSSR count). The number of esters is 1. The molecule has 1 aromatic rings. The number of hydrogen-bond donors (Lipinski definition) is 2. The summed E-state index contributed by atoms with van der Waals surface area (Å²) in [6.45, 7) is 3.55. The van der Waals surface area contributed by atoms with Crippen LogP contribution in [0.4, 0.5) is 5.69 Å². The monoisotopic (exact) mass is 425 g/mol. The summed E-state index contributed by atoms with van der Waals surface area (Å²) in [4.78, 5) is 39.1. The molecule has 0 spiro atoms. The Labute approximate surface area is 176 Å². The molecule has 0 aromatic heterocycles. The minimum absolute atomic E-state index is 0. The summed E-state index contributed by atoms with van der Waals surface area (Å²) < 4.78 is 10.4. The first kappa shape index (κ1) is 23.1. The van der Waals surface area contributed by atoms with Crippen LogP contribution in [-0.4, -0.2) is 67.7 Å². The number of benzene rings is 1. The van der Waals surface area contributed by atoms with Gasteiger partial charge in [-0.3, -0.25) is 9.59 Å². The first-order valence-electron chi connectivity index (χ1n) is 9.66. The number of halogens is 1. The molecule has 0 saturated carbocycles. The van der Waals surface area contributed by atoms with Gasteiger partial charge in [0.05, 0.1) is 19.8 Å². The maximum absolute atomic E-state index is 13.0. The first-order valence-corrected chi connectivity index (χ1v) is 9.66. The van der Waals surface area contributed by atoms with E-state index in [-0.39, 0.29) is 30.3 Å². The van der Waals surface area contributed by atoms with Gasteiger partial charge < -0.3 is 25.0 Å². The number of carbonyl (C=O) groups is 3. The lowest BCUT2D eigenvalue weighted by atomic mass is 10.0. The molecule has 1 unspecified atom stereocenters. The lowest BCUT2D eigenvalue weighted by Crippen LogP contribution is -2.53. The largest absolute Gasteiger partial charge is 0.467 e. The van der Waals surface area contributed by atoms with Gasteiger partial charge in [0.1, 0.15) is 12.1 Å². The average molecular weight is 426 g/mol. The quantitative estimate of drug-likeness (QED) is 0.711. The molecule has 2 amide bonds. The molecule has 0 aliphatic carbocycles. The second kappa shape index (κ2) is 10.6. The van der Waals surface area contributed by atoms with Crippen LogP contribution in [-0.2, 0) is 19.1 Å². The Hall–Kier alpha value is -2.16. The zero-order valence-electron chi connectivity index (χ0n) is 16.7. The Morgan fingerprint density at radius 2 is 2.07 bits per heavy atom. The van der Waals surface area contributed by atoms with E-state index in [4.69, 9.17) is 9.47 Å². The SMILES string of the molecule is COC(=O)C1CCCCN1C(=O)c1cccc(NC(=O)[C@H]2NCCO[C@@H]2C)c1.Cl. The van der Waals surface area contributed by atoms with E-state index in [9.17, 15) is 14.4 Å². The molecule has 2 aliphatic heterocycles. The molecular weight excluding hydrogens is 398 g/mol. The van der Waals surface area contributed by atoms with E-state index in [1.807, 2.05) is 6.92 Å². The molecule has 2 saturated heterocycles. The van der Waals surface area contributed by atoms with Crippen LogP contribution in [0.1, 0.15) is 36.5 Å². The number of morpholine rings is 1. The number of nitrogens with one attached hydrogen (secondary N) is 2. The predicted octanol–water partition coefficient (Wildman–Crippen LogP) is 1.59. The minimum Gasteiger partial charge on any atom is -0.467 e. The van der Waals surface area contributed by atoms with Gasteiger partial charge in [-0.05, 0) is 44.4 Å². The summed E-state index contributed by atoms with van der Waals surface area (Å²) in [7, 11) is 1.33. The third-order valence-electron chi connectivity index (χ3n) is 5.21. The van der Waals surface area contributed by atoms with Gasteiger partial charge in [0, 0.05) is 24.3 Å². The van der Waals surface area contributed by atoms with Crippen molar-refractivity contribution in [3.63, 3.8) is 0 Å². The zero-order chi connectivity index (χ0) is 20.1. The third-order valence-corrected chi connectivity index (χ3v) is 5.21. The van der Waals surface area contributed by atoms with Crippen LogP contribution in [0.15, 0.2) is 24.3 Å². The van der Waals surface area contributed by atoms with E-state index in [1.54, 1.807) is 29.2 Å².